The van der Waals surface area contributed by atoms with E-state index in [2.05, 4.69) is 51.8 Å². The predicted molar refractivity (Wildman–Crippen MR) is 78.3 cm³/mol. The SMILES string of the molecule is CC(N)(CCc1ccsc1)c1cccc(Br)c1. The van der Waals surface area contributed by atoms with Crippen LogP contribution in [0, 0.1) is 0 Å². The molecule has 1 unspecified atom stereocenters. The molecule has 0 spiro atoms. The first-order valence-corrected chi connectivity index (χ1v) is 7.37. The van der Waals surface area contributed by atoms with E-state index in [1.54, 1.807) is 11.3 Å². The van der Waals surface area contributed by atoms with Crippen molar-refractivity contribution < 1.29 is 0 Å². The standard InChI is InChI=1S/C14H16BrNS/c1-14(16,7-5-11-6-8-17-10-11)12-3-2-4-13(15)9-12/h2-4,6,8-10H,5,7,16H2,1H3. The summed E-state index contributed by atoms with van der Waals surface area (Å²) >= 11 is 5.23. The van der Waals surface area contributed by atoms with Crippen molar-refractivity contribution in [3.05, 3.63) is 56.7 Å². The van der Waals surface area contributed by atoms with Crippen molar-refractivity contribution in [2.45, 2.75) is 25.3 Å². The molecule has 1 atom stereocenters. The van der Waals surface area contributed by atoms with Gasteiger partial charge in [0, 0.05) is 10.0 Å². The molecule has 0 saturated carbocycles. The van der Waals surface area contributed by atoms with Crippen LogP contribution in [0.25, 0.3) is 0 Å². The Bertz CT molecular complexity index is 477. The van der Waals surface area contributed by atoms with E-state index in [4.69, 9.17) is 5.73 Å². The second-order valence-corrected chi connectivity index (χ2v) is 6.26. The van der Waals surface area contributed by atoms with Gasteiger partial charge in [0.15, 0.2) is 0 Å². The number of hydrogen-bond acceptors (Lipinski definition) is 2. The maximum absolute atomic E-state index is 6.41. The molecule has 0 aliphatic rings. The van der Waals surface area contributed by atoms with Gasteiger partial charge in [0.25, 0.3) is 0 Å². The molecule has 90 valence electrons. The average Bonchev–Trinajstić information content (AvgIpc) is 2.79. The minimum absolute atomic E-state index is 0.272. The second kappa shape index (κ2) is 5.34. The fraction of sp³-hybridized carbons (Fsp3) is 0.286. The summed E-state index contributed by atoms with van der Waals surface area (Å²) in [4.78, 5) is 0. The Labute approximate surface area is 115 Å². The van der Waals surface area contributed by atoms with Crippen molar-refractivity contribution in [1.82, 2.24) is 0 Å². The zero-order valence-corrected chi connectivity index (χ0v) is 12.2. The Morgan fingerprint density at radius 2 is 2.18 bits per heavy atom. The summed E-state index contributed by atoms with van der Waals surface area (Å²) in [6.07, 6.45) is 1.99. The molecule has 1 nitrogen and oxygen atoms in total. The Morgan fingerprint density at radius 1 is 1.35 bits per heavy atom. The van der Waals surface area contributed by atoms with E-state index < -0.39 is 0 Å². The van der Waals surface area contributed by atoms with Crippen LogP contribution in [-0.2, 0) is 12.0 Å². The fourth-order valence-electron chi connectivity index (χ4n) is 1.83. The topological polar surface area (TPSA) is 26.0 Å². The monoisotopic (exact) mass is 309 g/mol. The molecule has 1 aromatic carbocycles. The van der Waals surface area contributed by atoms with Gasteiger partial charge in [-0.3, -0.25) is 0 Å². The summed E-state index contributed by atoms with van der Waals surface area (Å²) in [5.74, 6) is 0. The van der Waals surface area contributed by atoms with Crippen LogP contribution in [0.1, 0.15) is 24.5 Å². The molecule has 0 bridgehead atoms. The van der Waals surface area contributed by atoms with E-state index in [1.165, 1.54) is 11.1 Å². The maximum atomic E-state index is 6.41. The number of thiophene rings is 1. The van der Waals surface area contributed by atoms with Crippen molar-refractivity contribution in [3.63, 3.8) is 0 Å². The summed E-state index contributed by atoms with van der Waals surface area (Å²) < 4.78 is 1.09. The predicted octanol–water partition coefficient (Wildman–Crippen LogP) is 4.32. The first-order valence-electron chi connectivity index (χ1n) is 5.64. The summed E-state index contributed by atoms with van der Waals surface area (Å²) in [5.41, 5.74) is 8.69. The lowest BCUT2D eigenvalue weighted by Crippen LogP contribution is -2.33. The van der Waals surface area contributed by atoms with Gasteiger partial charge in [-0.05, 0) is 59.9 Å². The molecule has 0 amide bonds. The highest BCUT2D eigenvalue weighted by Crippen LogP contribution is 2.26. The molecule has 1 heterocycles. The lowest BCUT2D eigenvalue weighted by molar-refractivity contribution is 0.453. The Kier molecular flexibility index (Phi) is 4.02. The van der Waals surface area contributed by atoms with Crippen molar-refractivity contribution in [2.75, 3.05) is 0 Å². The first-order chi connectivity index (χ1) is 8.08. The number of halogens is 1. The second-order valence-electron chi connectivity index (χ2n) is 4.56. The van der Waals surface area contributed by atoms with Crippen molar-refractivity contribution >= 4 is 27.3 Å². The molecule has 2 aromatic rings. The van der Waals surface area contributed by atoms with Gasteiger partial charge in [-0.25, -0.2) is 0 Å². The zero-order chi connectivity index (χ0) is 12.3. The van der Waals surface area contributed by atoms with Gasteiger partial charge in [0.1, 0.15) is 0 Å². The van der Waals surface area contributed by atoms with Gasteiger partial charge in [-0.2, -0.15) is 11.3 Å². The molecule has 2 rings (SSSR count). The van der Waals surface area contributed by atoms with Crippen LogP contribution in [0.15, 0.2) is 45.6 Å². The van der Waals surface area contributed by atoms with E-state index in [0.29, 0.717) is 0 Å². The lowest BCUT2D eigenvalue weighted by Gasteiger charge is -2.25. The molecular weight excluding hydrogens is 294 g/mol. The van der Waals surface area contributed by atoms with E-state index in [-0.39, 0.29) is 5.54 Å². The smallest absolute Gasteiger partial charge is 0.0384 e. The third-order valence-electron chi connectivity index (χ3n) is 3.00. The Hall–Kier alpha value is -0.640. The van der Waals surface area contributed by atoms with Gasteiger partial charge in [0.2, 0.25) is 0 Å². The van der Waals surface area contributed by atoms with Crippen LogP contribution in [-0.4, -0.2) is 0 Å². The van der Waals surface area contributed by atoms with E-state index in [9.17, 15) is 0 Å². The normalized spacial score (nSPS) is 14.5. The molecule has 0 aliphatic carbocycles. The molecular formula is C14H16BrNS. The fourth-order valence-corrected chi connectivity index (χ4v) is 2.93. The average molecular weight is 310 g/mol. The highest BCUT2D eigenvalue weighted by Gasteiger charge is 2.20. The summed E-state index contributed by atoms with van der Waals surface area (Å²) in [6, 6.07) is 10.4. The third-order valence-corrected chi connectivity index (χ3v) is 4.22. The Balaban J connectivity index is 2.08. The number of nitrogens with two attached hydrogens (primary N) is 1. The largest absolute Gasteiger partial charge is 0.322 e. The van der Waals surface area contributed by atoms with Gasteiger partial charge in [-0.15, -0.1) is 0 Å². The number of benzene rings is 1. The highest BCUT2D eigenvalue weighted by molar-refractivity contribution is 9.10. The molecule has 2 N–H and O–H groups in total. The molecule has 0 saturated heterocycles. The summed E-state index contributed by atoms with van der Waals surface area (Å²) in [6.45, 7) is 2.10. The van der Waals surface area contributed by atoms with Crippen LogP contribution in [0.2, 0.25) is 0 Å². The maximum Gasteiger partial charge on any atom is 0.0384 e. The van der Waals surface area contributed by atoms with Crippen LogP contribution in [0.5, 0.6) is 0 Å². The minimum Gasteiger partial charge on any atom is -0.322 e. The van der Waals surface area contributed by atoms with Crippen molar-refractivity contribution in [3.8, 4) is 0 Å². The summed E-state index contributed by atoms with van der Waals surface area (Å²) in [7, 11) is 0. The Morgan fingerprint density at radius 3 is 2.82 bits per heavy atom. The van der Waals surface area contributed by atoms with E-state index in [0.717, 1.165) is 17.3 Å². The van der Waals surface area contributed by atoms with Crippen LogP contribution in [0.4, 0.5) is 0 Å². The summed E-state index contributed by atoms with van der Waals surface area (Å²) in [5, 5.41) is 4.30. The number of hydrogen-bond donors (Lipinski definition) is 1. The van der Waals surface area contributed by atoms with Gasteiger partial charge < -0.3 is 5.73 Å². The van der Waals surface area contributed by atoms with Crippen molar-refractivity contribution in [1.29, 1.82) is 0 Å². The third kappa shape index (κ3) is 3.41. The van der Waals surface area contributed by atoms with E-state index >= 15 is 0 Å². The van der Waals surface area contributed by atoms with Crippen LogP contribution in [0.3, 0.4) is 0 Å². The number of aryl methyl sites for hydroxylation is 1. The highest BCUT2D eigenvalue weighted by atomic mass is 79.9. The molecule has 1 aromatic heterocycles. The first kappa shape index (κ1) is 12.8. The van der Waals surface area contributed by atoms with Gasteiger partial charge in [-0.1, -0.05) is 28.1 Å². The zero-order valence-electron chi connectivity index (χ0n) is 9.82. The molecule has 0 fully saturated rings. The van der Waals surface area contributed by atoms with E-state index in [1.807, 2.05) is 12.1 Å². The van der Waals surface area contributed by atoms with Gasteiger partial charge >= 0.3 is 0 Å². The lowest BCUT2D eigenvalue weighted by atomic mass is 9.87. The quantitative estimate of drug-likeness (QED) is 0.894. The van der Waals surface area contributed by atoms with Crippen molar-refractivity contribution in [2.24, 2.45) is 5.73 Å². The number of rotatable bonds is 4. The molecule has 3 heteroatoms. The molecule has 0 radical (unpaired) electrons. The molecule has 0 aliphatic heterocycles. The van der Waals surface area contributed by atoms with Gasteiger partial charge in [0.05, 0.1) is 0 Å². The molecule has 17 heavy (non-hydrogen) atoms. The van der Waals surface area contributed by atoms with Crippen LogP contribution < -0.4 is 5.73 Å². The minimum atomic E-state index is -0.272. The van der Waals surface area contributed by atoms with Crippen LogP contribution >= 0.6 is 27.3 Å².